The molecule has 0 aliphatic heterocycles. The standard InChI is InChI=1S/C60H39N3/c1-4-18-44(19-5-1)57-61-58(45-20-6-2-7-21-45)63-59(62-57)46-30-28-43(29-31-46)55-49-24-12-10-16-40(49)34-38-51(55)42-32-36-48(37-33-42)60(47-22-8-3-9-23-47)53-27-15-14-26-52(53)56-50-25-13-11-17-41(50)35-39-54(56)60/h1-39H/p+1. The van der Waals surface area contributed by atoms with E-state index in [1.165, 1.54) is 71.6 Å². The number of hydrogen-bond acceptors (Lipinski definition) is 2. The van der Waals surface area contributed by atoms with E-state index in [9.17, 15) is 0 Å². The molecule has 1 unspecified atom stereocenters. The average Bonchev–Trinajstić information content (AvgIpc) is 3.68. The van der Waals surface area contributed by atoms with Crippen molar-refractivity contribution in [3.63, 3.8) is 0 Å². The summed E-state index contributed by atoms with van der Waals surface area (Å²) < 4.78 is 0. The summed E-state index contributed by atoms with van der Waals surface area (Å²) in [5, 5.41) is 4.96. The van der Waals surface area contributed by atoms with Crippen LogP contribution >= 0.6 is 0 Å². The number of H-pyrrole nitrogens is 1. The highest BCUT2D eigenvalue weighted by Gasteiger charge is 2.46. The summed E-state index contributed by atoms with van der Waals surface area (Å²) in [5.41, 5.74) is 14.9. The smallest absolute Gasteiger partial charge is 0.240 e. The number of fused-ring (bicyclic) bond motifs is 6. The van der Waals surface area contributed by atoms with Crippen LogP contribution < -0.4 is 4.98 Å². The molecule has 0 saturated carbocycles. The van der Waals surface area contributed by atoms with Crippen LogP contribution in [0.5, 0.6) is 0 Å². The predicted molar refractivity (Wildman–Crippen MR) is 258 cm³/mol. The third kappa shape index (κ3) is 6.01. The molecule has 294 valence electrons. The van der Waals surface area contributed by atoms with Gasteiger partial charge >= 0.3 is 5.82 Å². The van der Waals surface area contributed by atoms with Crippen LogP contribution in [0.25, 0.3) is 89.1 Å². The molecule has 1 heterocycles. The maximum absolute atomic E-state index is 5.06. The first-order valence-electron chi connectivity index (χ1n) is 21.6. The van der Waals surface area contributed by atoms with E-state index in [1.807, 2.05) is 36.4 Å². The fraction of sp³-hybridized carbons (Fsp3) is 0.0167. The highest BCUT2D eigenvalue weighted by atomic mass is 15.0. The molecule has 0 fully saturated rings. The van der Waals surface area contributed by atoms with E-state index in [0.29, 0.717) is 5.82 Å². The zero-order valence-corrected chi connectivity index (χ0v) is 34.4. The Hall–Kier alpha value is -8.27. The molecule has 1 aromatic heterocycles. The second-order valence-corrected chi connectivity index (χ2v) is 16.3. The van der Waals surface area contributed by atoms with Crippen LogP contribution in [0.3, 0.4) is 0 Å². The van der Waals surface area contributed by atoms with Crippen molar-refractivity contribution in [2.45, 2.75) is 5.41 Å². The molecule has 3 heteroatoms. The van der Waals surface area contributed by atoms with Crippen LogP contribution in [0.2, 0.25) is 0 Å². The van der Waals surface area contributed by atoms with Crippen molar-refractivity contribution >= 4 is 21.5 Å². The van der Waals surface area contributed by atoms with Gasteiger partial charge in [0.05, 0.1) is 22.1 Å². The van der Waals surface area contributed by atoms with Crippen molar-refractivity contribution < 1.29 is 4.98 Å². The van der Waals surface area contributed by atoms with Crippen molar-refractivity contribution in [2.24, 2.45) is 0 Å². The van der Waals surface area contributed by atoms with Gasteiger partial charge in [-0.05, 0) is 114 Å². The highest BCUT2D eigenvalue weighted by Crippen LogP contribution is 2.58. The van der Waals surface area contributed by atoms with Crippen molar-refractivity contribution in [1.29, 1.82) is 0 Å². The minimum Gasteiger partial charge on any atom is -0.240 e. The van der Waals surface area contributed by atoms with Crippen molar-refractivity contribution in [2.75, 3.05) is 0 Å². The van der Waals surface area contributed by atoms with Crippen LogP contribution in [0.15, 0.2) is 237 Å². The van der Waals surface area contributed by atoms with Gasteiger partial charge in [0.25, 0.3) is 11.6 Å². The van der Waals surface area contributed by atoms with Crippen molar-refractivity contribution in [3.05, 3.63) is 259 Å². The minimum atomic E-state index is -0.490. The number of aromatic amines is 1. The number of benzene rings is 10. The van der Waals surface area contributed by atoms with Crippen LogP contribution in [0.1, 0.15) is 22.3 Å². The first kappa shape index (κ1) is 36.6. The van der Waals surface area contributed by atoms with E-state index < -0.39 is 5.41 Å². The molecule has 1 aliphatic rings. The first-order valence-corrected chi connectivity index (χ1v) is 21.6. The molecular formula is C60H40N3+. The summed E-state index contributed by atoms with van der Waals surface area (Å²) in [5.74, 6) is 2.22. The van der Waals surface area contributed by atoms with Crippen LogP contribution in [-0.2, 0) is 5.41 Å². The lowest BCUT2D eigenvalue weighted by atomic mass is 9.67. The normalized spacial score (nSPS) is 14.1. The first-order chi connectivity index (χ1) is 31.2. The molecule has 1 aliphatic carbocycles. The summed E-state index contributed by atoms with van der Waals surface area (Å²) >= 11 is 0. The van der Waals surface area contributed by atoms with E-state index in [1.54, 1.807) is 0 Å². The Labute approximate surface area is 366 Å². The van der Waals surface area contributed by atoms with Crippen LogP contribution in [0.4, 0.5) is 0 Å². The van der Waals surface area contributed by atoms with E-state index in [2.05, 4.69) is 205 Å². The van der Waals surface area contributed by atoms with Crippen molar-refractivity contribution in [3.8, 4) is 67.5 Å². The summed E-state index contributed by atoms with van der Waals surface area (Å²) in [4.78, 5) is 13.6. The summed E-state index contributed by atoms with van der Waals surface area (Å²) in [6, 6.07) is 85.4. The van der Waals surface area contributed by atoms with E-state index in [-0.39, 0.29) is 0 Å². The lowest BCUT2D eigenvalue weighted by molar-refractivity contribution is -0.359. The second kappa shape index (κ2) is 15.0. The van der Waals surface area contributed by atoms with Gasteiger partial charge in [-0.3, -0.25) is 0 Å². The van der Waals surface area contributed by atoms with Gasteiger partial charge in [0.1, 0.15) is 0 Å². The maximum atomic E-state index is 5.06. The Morgan fingerprint density at radius 1 is 0.302 bits per heavy atom. The molecule has 11 aromatic rings. The van der Waals surface area contributed by atoms with E-state index in [4.69, 9.17) is 9.97 Å². The van der Waals surface area contributed by atoms with Gasteiger partial charge in [-0.15, -0.1) is 0 Å². The largest absolute Gasteiger partial charge is 0.308 e. The minimum absolute atomic E-state index is 0.490. The molecule has 1 N–H and O–H groups in total. The fourth-order valence-corrected chi connectivity index (χ4v) is 10.0. The lowest BCUT2D eigenvalue weighted by Gasteiger charge is -2.34. The molecule has 1 atom stereocenters. The van der Waals surface area contributed by atoms with Crippen LogP contribution in [-0.4, -0.2) is 9.97 Å². The molecule has 0 spiro atoms. The predicted octanol–water partition coefficient (Wildman–Crippen LogP) is 14.3. The summed E-state index contributed by atoms with van der Waals surface area (Å²) in [6.07, 6.45) is 0. The third-order valence-corrected chi connectivity index (χ3v) is 12.9. The molecule has 10 aromatic carbocycles. The molecule has 0 amide bonds. The van der Waals surface area contributed by atoms with Gasteiger partial charge in [0.15, 0.2) is 0 Å². The molecule has 12 rings (SSSR count). The third-order valence-electron chi connectivity index (χ3n) is 12.9. The van der Waals surface area contributed by atoms with Gasteiger partial charge in [-0.2, -0.15) is 0 Å². The topological polar surface area (TPSA) is 39.9 Å². The molecule has 3 nitrogen and oxygen atoms in total. The number of aromatic nitrogens is 3. The second-order valence-electron chi connectivity index (χ2n) is 16.3. The number of nitrogens with one attached hydrogen (secondary N) is 1. The molecule has 0 saturated heterocycles. The molecule has 0 bridgehead atoms. The molecule has 63 heavy (non-hydrogen) atoms. The lowest BCUT2D eigenvalue weighted by Crippen LogP contribution is -2.28. The Morgan fingerprint density at radius 2 is 0.794 bits per heavy atom. The van der Waals surface area contributed by atoms with Crippen molar-refractivity contribution in [1.82, 2.24) is 9.97 Å². The zero-order valence-electron chi connectivity index (χ0n) is 34.4. The Kier molecular flexibility index (Phi) is 8.72. The maximum Gasteiger partial charge on any atom is 0.308 e. The quantitative estimate of drug-likeness (QED) is 0.161. The number of nitrogens with zero attached hydrogens (tertiary/aromatic N) is 2. The van der Waals surface area contributed by atoms with Gasteiger partial charge < -0.3 is 0 Å². The SMILES string of the molecule is c1ccc(-c2nc(-c3ccccc3)[nH+]c(-c3ccc(-c4c(-c5ccc(C6(c7ccccc7)c7ccccc7-c7c6ccc6ccccc76)cc5)ccc5ccccc45)cc3)n2)cc1. The highest BCUT2D eigenvalue weighted by molar-refractivity contribution is 6.05. The van der Waals surface area contributed by atoms with Crippen LogP contribution in [0, 0.1) is 0 Å². The monoisotopic (exact) mass is 802 g/mol. The van der Waals surface area contributed by atoms with E-state index in [0.717, 1.165) is 33.9 Å². The fourth-order valence-electron chi connectivity index (χ4n) is 10.0. The van der Waals surface area contributed by atoms with Gasteiger partial charge in [-0.25, -0.2) is 4.98 Å². The van der Waals surface area contributed by atoms with Gasteiger partial charge in [-0.1, -0.05) is 210 Å². The number of hydrogen-bond donors (Lipinski definition) is 0. The zero-order chi connectivity index (χ0) is 41.7. The van der Waals surface area contributed by atoms with Gasteiger partial charge in [0, 0.05) is 0 Å². The Morgan fingerprint density at radius 3 is 1.48 bits per heavy atom. The van der Waals surface area contributed by atoms with Gasteiger partial charge in [0.2, 0.25) is 0 Å². The van der Waals surface area contributed by atoms with E-state index >= 15 is 0 Å². The summed E-state index contributed by atoms with van der Waals surface area (Å²) in [6.45, 7) is 0. The Bertz CT molecular complexity index is 3420. The molecular weight excluding hydrogens is 763 g/mol. The average molecular weight is 803 g/mol. The molecule has 0 radical (unpaired) electrons. The number of rotatable bonds is 7. The Balaban J connectivity index is 0.992. The summed E-state index contributed by atoms with van der Waals surface area (Å²) in [7, 11) is 0.